The molecule has 1 saturated heterocycles. The molecule has 23 heavy (non-hydrogen) atoms. The highest BCUT2D eigenvalue weighted by molar-refractivity contribution is 5.69. The molecule has 1 aromatic heterocycles. The molecule has 1 fully saturated rings. The number of hydrogen-bond acceptors (Lipinski definition) is 6. The van der Waals surface area contributed by atoms with E-state index in [0.717, 1.165) is 10.1 Å². The molecule has 0 aliphatic carbocycles. The number of aliphatic hydroxyl groups is 3. The molecule has 3 rings (SSSR count). The zero-order valence-corrected chi connectivity index (χ0v) is 12.3. The van der Waals surface area contributed by atoms with Crippen LogP contribution in [0.15, 0.2) is 41.3 Å². The lowest BCUT2D eigenvalue weighted by Crippen LogP contribution is -2.35. The van der Waals surface area contributed by atoms with E-state index in [1.165, 1.54) is 12.3 Å². The molecule has 1 aromatic carbocycles. The summed E-state index contributed by atoms with van der Waals surface area (Å²) in [4.78, 5) is 12.7. The van der Waals surface area contributed by atoms with E-state index in [1.807, 2.05) is 6.92 Å². The lowest BCUT2D eigenvalue weighted by atomic mass is 10.0. The average Bonchev–Trinajstić information content (AvgIpc) is 2.77. The number of pyridine rings is 1. The van der Waals surface area contributed by atoms with Crippen molar-refractivity contribution in [3.63, 3.8) is 0 Å². The summed E-state index contributed by atoms with van der Waals surface area (Å²) in [6.45, 7) is 1.90. The third kappa shape index (κ3) is 2.64. The summed E-state index contributed by atoms with van der Waals surface area (Å²) in [5, 5.41) is 39.0. The smallest absolute Gasteiger partial charge is 0.264 e. The summed E-state index contributed by atoms with van der Waals surface area (Å²) in [5.41, 5.74) is 0.977. The third-order valence-corrected chi connectivity index (χ3v) is 3.93. The number of benzene rings is 1. The Morgan fingerprint density at radius 2 is 1.70 bits per heavy atom. The first-order chi connectivity index (χ1) is 10.9. The van der Waals surface area contributed by atoms with Gasteiger partial charge in [-0.2, -0.15) is 0 Å². The molecular formula is C16H17NO6. The van der Waals surface area contributed by atoms with Crippen LogP contribution in [0.3, 0.4) is 0 Å². The van der Waals surface area contributed by atoms with Crippen molar-refractivity contribution < 1.29 is 25.2 Å². The van der Waals surface area contributed by atoms with Gasteiger partial charge in [-0.15, -0.1) is 0 Å². The van der Waals surface area contributed by atoms with Crippen molar-refractivity contribution in [2.45, 2.75) is 31.6 Å². The van der Waals surface area contributed by atoms with E-state index in [1.54, 1.807) is 24.3 Å². The molecule has 4 N–H and O–H groups in total. The largest absolute Gasteiger partial charge is 0.507 e. The molecule has 0 amide bonds. The minimum Gasteiger partial charge on any atom is -0.507 e. The predicted octanol–water partition coefficient (Wildman–Crippen LogP) is 0.0983. The monoisotopic (exact) mass is 319 g/mol. The Morgan fingerprint density at radius 3 is 2.26 bits per heavy atom. The summed E-state index contributed by atoms with van der Waals surface area (Å²) >= 11 is 0. The van der Waals surface area contributed by atoms with Crippen molar-refractivity contribution in [2.75, 3.05) is 0 Å². The minimum absolute atomic E-state index is 0.0548. The average molecular weight is 319 g/mol. The first kappa shape index (κ1) is 15.7. The van der Waals surface area contributed by atoms with Crippen LogP contribution in [-0.2, 0) is 4.74 Å². The van der Waals surface area contributed by atoms with Crippen LogP contribution < -0.4 is 5.56 Å². The molecule has 0 saturated carbocycles. The van der Waals surface area contributed by atoms with Crippen LogP contribution in [0.1, 0.15) is 11.8 Å². The number of aromatic nitrogens is 1. The molecule has 0 spiro atoms. The van der Waals surface area contributed by atoms with Gasteiger partial charge in [-0.25, -0.2) is 0 Å². The molecule has 2 aromatic rings. The van der Waals surface area contributed by atoms with E-state index in [-0.39, 0.29) is 11.3 Å². The van der Waals surface area contributed by atoms with Gasteiger partial charge in [0.1, 0.15) is 18.0 Å². The maximum atomic E-state index is 12.7. The first-order valence-corrected chi connectivity index (χ1v) is 7.11. The van der Waals surface area contributed by atoms with Crippen molar-refractivity contribution in [1.82, 2.24) is 4.57 Å². The van der Waals surface area contributed by atoms with Gasteiger partial charge in [0.15, 0.2) is 12.5 Å². The lowest BCUT2D eigenvalue weighted by molar-refractivity contribution is -0.142. The third-order valence-electron chi connectivity index (χ3n) is 3.93. The van der Waals surface area contributed by atoms with Gasteiger partial charge < -0.3 is 25.2 Å². The Morgan fingerprint density at radius 1 is 1.04 bits per heavy atom. The summed E-state index contributed by atoms with van der Waals surface area (Å²) in [6, 6.07) is 8.31. The zero-order chi connectivity index (χ0) is 16.7. The number of ether oxygens (including phenoxy) is 1. The second-order valence-corrected chi connectivity index (χ2v) is 5.55. The maximum Gasteiger partial charge on any atom is 0.264 e. The zero-order valence-electron chi connectivity index (χ0n) is 12.3. The van der Waals surface area contributed by atoms with E-state index in [2.05, 4.69) is 0 Å². The Hall–Kier alpha value is -2.19. The Balaban J connectivity index is 2.10. The normalized spacial score (nSPS) is 27.3. The fraction of sp³-hybridized carbons (Fsp3) is 0.312. The molecule has 0 radical (unpaired) electrons. The van der Waals surface area contributed by atoms with Crippen molar-refractivity contribution >= 4 is 0 Å². The predicted molar refractivity (Wildman–Crippen MR) is 80.7 cm³/mol. The highest BCUT2D eigenvalue weighted by atomic mass is 16.7. The molecule has 2 heterocycles. The van der Waals surface area contributed by atoms with Crippen LogP contribution in [0, 0.1) is 6.92 Å². The van der Waals surface area contributed by atoms with E-state index in [4.69, 9.17) is 4.74 Å². The summed E-state index contributed by atoms with van der Waals surface area (Å²) < 4.78 is 6.08. The molecule has 1 aliphatic rings. The molecule has 7 heteroatoms. The van der Waals surface area contributed by atoms with Crippen molar-refractivity contribution in [3.8, 4) is 16.9 Å². The number of aryl methyl sites for hydroxylation is 1. The SMILES string of the molecule is Cc1ccc(-c2c(O)ccn(C3OC(O)C(O)C3O)c2=O)cc1. The molecule has 4 unspecified atom stereocenters. The Kier molecular flexibility index (Phi) is 3.95. The van der Waals surface area contributed by atoms with E-state index in [9.17, 15) is 25.2 Å². The van der Waals surface area contributed by atoms with Gasteiger partial charge in [-0.05, 0) is 18.6 Å². The van der Waals surface area contributed by atoms with E-state index >= 15 is 0 Å². The van der Waals surface area contributed by atoms with Crippen molar-refractivity contribution in [2.24, 2.45) is 0 Å². The van der Waals surface area contributed by atoms with Crippen molar-refractivity contribution in [1.29, 1.82) is 0 Å². The van der Waals surface area contributed by atoms with Crippen LogP contribution in [0.4, 0.5) is 0 Å². The summed E-state index contributed by atoms with van der Waals surface area (Å²) in [7, 11) is 0. The second-order valence-electron chi connectivity index (χ2n) is 5.55. The number of hydrogen-bond donors (Lipinski definition) is 4. The van der Waals surface area contributed by atoms with Crippen LogP contribution in [-0.4, -0.2) is 43.5 Å². The molecule has 122 valence electrons. The van der Waals surface area contributed by atoms with Gasteiger partial charge >= 0.3 is 0 Å². The first-order valence-electron chi connectivity index (χ1n) is 7.11. The molecular weight excluding hydrogens is 302 g/mol. The number of aromatic hydroxyl groups is 1. The minimum atomic E-state index is -1.58. The Bertz CT molecular complexity index is 769. The van der Waals surface area contributed by atoms with Crippen LogP contribution >= 0.6 is 0 Å². The number of nitrogens with zero attached hydrogens (tertiary/aromatic N) is 1. The lowest BCUT2D eigenvalue weighted by Gasteiger charge is -2.18. The number of rotatable bonds is 2. The molecule has 7 nitrogen and oxygen atoms in total. The number of aliphatic hydroxyl groups excluding tert-OH is 3. The highest BCUT2D eigenvalue weighted by Gasteiger charge is 2.43. The molecule has 1 aliphatic heterocycles. The standard InChI is InChI=1S/C16H17NO6/c1-8-2-4-9(5-3-8)11-10(18)6-7-17(14(11)21)15-12(19)13(20)16(22)23-15/h2-7,12-13,15-16,18-20,22H,1H3. The fourth-order valence-electron chi connectivity index (χ4n) is 2.60. The van der Waals surface area contributed by atoms with Crippen LogP contribution in [0.5, 0.6) is 5.75 Å². The fourth-order valence-corrected chi connectivity index (χ4v) is 2.60. The highest BCUT2D eigenvalue weighted by Crippen LogP contribution is 2.30. The Labute approximate surface area is 131 Å². The second kappa shape index (κ2) is 5.78. The molecule has 4 atom stereocenters. The topological polar surface area (TPSA) is 112 Å². The summed E-state index contributed by atoms with van der Waals surface area (Å²) in [5.74, 6) is -0.205. The van der Waals surface area contributed by atoms with Gasteiger partial charge in [0.05, 0.1) is 5.56 Å². The van der Waals surface area contributed by atoms with Crippen molar-refractivity contribution in [3.05, 3.63) is 52.4 Å². The van der Waals surface area contributed by atoms with Gasteiger partial charge in [0.25, 0.3) is 5.56 Å². The van der Waals surface area contributed by atoms with Crippen LogP contribution in [0.25, 0.3) is 11.1 Å². The van der Waals surface area contributed by atoms with Gasteiger partial charge in [-0.3, -0.25) is 9.36 Å². The van der Waals surface area contributed by atoms with Gasteiger partial charge in [0, 0.05) is 6.20 Å². The maximum absolute atomic E-state index is 12.7. The van der Waals surface area contributed by atoms with Gasteiger partial charge in [-0.1, -0.05) is 29.8 Å². The van der Waals surface area contributed by atoms with Crippen LogP contribution in [0.2, 0.25) is 0 Å². The van der Waals surface area contributed by atoms with Gasteiger partial charge in [0.2, 0.25) is 0 Å². The van der Waals surface area contributed by atoms with E-state index in [0.29, 0.717) is 5.56 Å². The molecule has 0 bridgehead atoms. The van der Waals surface area contributed by atoms with E-state index < -0.39 is 30.3 Å². The summed E-state index contributed by atoms with van der Waals surface area (Å²) in [6.07, 6.45) is -4.55. The quantitative estimate of drug-likeness (QED) is 0.624.